The Morgan fingerprint density at radius 1 is 1.47 bits per heavy atom. The fraction of sp³-hybridized carbons (Fsp3) is 0.455. The predicted molar refractivity (Wildman–Crippen MR) is 64.8 cm³/mol. The van der Waals surface area contributed by atoms with E-state index in [1.165, 1.54) is 0 Å². The molecule has 2 saturated heterocycles. The first-order valence-electron chi connectivity index (χ1n) is 5.75. The zero-order valence-electron chi connectivity index (χ0n) is 9.47. The van der Waals surface area contributed by atoms with Crippen LogP contribution in [-0.2, 0) is 0 Å². The van der Waals surface area contributed by atoms with Gasteiger partial charge in [-0.05, 0) is 12.1 Å². The van der Waals surface area contributed by atoms with Crippen molar-refractivity contribution >= 4 is 17.5 Å². The molecule has 1 aromatic heterocycles. The number of nitrogens with zero attached hydrogens (tertiary/aromatic N) is 3. The maximum Gasteiger partial charge on any atom is 0.317 e. The number of amides is 2. The molecule has 2 fully saturated rings. The molecule has 0 aromatic carbocycles. The fourth-order valence-corrected chi connectivity index (χ4v) is 2.47. The molecule has 6 heteroatoms. The van der Waals surface area contributed by atoms with Gasteiger partial charge in [0, 0.05) is 32.4 Å². The molecule has 6 nitrogen and oxygen atoms in total. The summed E-state index contributed by atoms with van der Waals surface area (Å²) < 4.78 is 0. The molecule has 3 heterocycles. The zero-order chi connectivity index (χ0) is 11.8. The minimum absolute atomic E-state index is 0.0450. The molecule has 0 radical (unpaired) electrons. The monoisotopic (exact) mass is 233 g/mol. The summed E-state index contributed by atoms with van der Waals surface area (Å²) in [6, 6.07) is 3.96. The van der Waals surface area contributed by atoms with Crippen LogP contribution >= 0.6 is 0 Å². The second kappa shape index (κ2) is 3.80. The number of hydrogen-bond donors (Lipinski definition) is 2. The number of nitrogens with two attached hydrogens (primary N) is 1. The molecule has 3 N–H and O–H groups in total. The van der Waals surface area contributed by atoms with Crippen LogP contribution in [0.5, 0.6) is 0 Å². The van der Waals surface area contributed by atoms with Gasteiger partial charge in [-0.25, -0.2) is 9.78 Å². The molecule has 17 heavy (non-hydrogen) atoms. The highest BCUT2D eigenvalue weighted by molar-refractivity contribution is 5.77. The third-order valence-electron chi connectivity index (χ3n) is 3.35. The lowest BCUT2D eigenvalue weighted by Gasteiger charge is -2.37. The van der Waals surface area contributed by atoms with E-state index in [0.29, 0.717) is 12.2 Å². The van der Waals surface area contributed by atoms with Gasteiger partial charge in [-0.1, -0.05) is 0 Å². The molecular weight excluding hydrogens is 218 g/mol. The van der Waals surface area contributed by atoms with Gasteiger partial charge in [0.25, 0.3) is 0 Å². The lowest BCUT2D eigenvalue weighted by Crippen LogP contribution is -2.52. The lowest BCUT2D eigenvalue weighted by molar-refractivity contribution is 0.197. The molecule has 90 valence electrons. The van der Waals surface area contributed by atoms with Gasteiger partial charge in [-0.3, -0.25) is 0 Å². The normalized spacial score (nSPS) is 23.5. The Labute approximate surface area is 99.4 Å². The maximum atomic E-state index is 11.5. The average molecular weight is 233 g/mol. The summed E-state index contributed by atoms with van der Waals surface area (Å²) in [5, 5.41) is 2.86. The van der Waals surface area contributed by atoms with E-state index in [9.17, 15) is 4.79 Å². The number of pyridine rings is 1. The van der Waals surface area contributed by atoms with Gasteiger partial charge in [0.15, 0.2) is 5.82 Å². The highest BCUT2D eigenvalue weighted by atomic mass is 16.2. The molecule has 0 aliphatic carbocycles. The van der Waals surface area contributed by atoms with Crippen LogP contribution in [0.3, 0.4) is 0 Å². The summed E-state index contributed by atoms with van der Waals surface area (Å²) in [6.07, 6.45) is 1.75. The first-order chi connectivity index (χ1) is 8.25. The van der Waals surface area contributed by atoms with Gasteiger partial charge < -0.3 is 20.9 Å². The summed E-state index contributed by atoms with van der Waals surface area (Å²) >= 11 is 0. The van der Waals surface area contributed by atoms with Crippen molar-refractivity contribution in [2.45, 2.75) is 6.04 Å². The van der Waals surface area contributed by atoms with Crippen molar-refractivity contribution in [2.75, 3.05) is 36.8 Å². The second-order valence-corrected chi connectivity index (χ2v) is 4.40. The molecule has 0 saturated carbocycles. The number of hydrogen-bond acceptors (Lipinski definition) is 4. The molecule has 1 atom stereocenters. The van der Waals surface area contributed by atoms with Crippen LogP contribution in [0.4, 0.5) is 16.3 Å². The minimum Gasteiger partial charge on any atom is -0.396 e. The van der Waals surface area contributed by atoms with Gasteiger partial charge in [0.05, 0.1) is 11.7 Å². The third kappa shape index (κ3) is 1.65. The van der Waals surface area contributed by atoms with E-state index in [-0.39, 0.29) is 12.1 Å². The molecule has 1 aromatic rings. The number of fused-ring (bicyclic) bond motifs is 1. The SMILES string of the molecule is Nc1cccnc1N1CCN2C(=O)NCC2C1. The number of nitrogen functional groups attached to an aromatic ring is 1. The van der Waals surface area contributed by atoms with Gasteiger partial charge in [0.1, 0.15) is 0 Å². The van der Waals surface area contributed by atoms with E-state index >= 15 is 0 Å². The Bertz CT molecular complexity index is 449. The van der Waals surface area contributed by atoms with Crippen molar-refractivity contribution in [3.05, 3.63) is 18.3 Å². The smallest absolute Gasteiger partial charge is 0.317 e. The number of aromatic nitrogens is 1. The molecule has 2 aliphatic rings. The third-order valence-corrected chi connectivity index (χ3v) is 3.35. The summed E-state index contributed by atoms with van der Waals surface area (Å²) in [4.78, 5) is 19.8. The highest BCUT2D eigenvalue weighted by Gasteiger charge is 2.36. The lowest BCUT2D eigenvalue weighted by atomic mass is 10.2. The number of carbonyl (C=O) groups is 1. The van der Waals surface area contributed by atoms with Crippen LogP contribution in [0.1, 0.15) is 0 Å². The van der Waals surface area contributed by atoms with Gasteiger partial charge in [-0.2, -0.15) is 0 Å². The van der Waals surface area contributed by atoms with E-state index in [1.807, 2.05) is 17.0 Å². The van der Waals surface area contributed by atoms with E-state index in [0.717, 1.165) is 25.5 Å². The molecule has 2 aliphatic heterocycles. The number of urea groups is 1. The minimum atomic E-state index is 0.0450. The van der Waals surface area contributed by atoms with Crippen LogP contribution in [0, 0.1) is 0 Å². The Morgan fingerprint density at radius 2 is 2.35 bits per heavy atom. The molecule has 1 unspecified atom stereocenters. The molecule has 2 amide bonds. The van der Waals surface area contributed by atoms with Crippen LogP contribution in [0.25, 0.3) is 0 Å². The molecular formula is C11H15N5O. The average Bonchev–Trinajstić information content (AvgIpc) is 2.71. The summed E-state index contributed by atoms with van der Waals surface area (Å²) in [5.41, 5.74) is 6.61. The van der Waals surface area contributed by atoms with Crippen molar-refractivity contribution in [3.8, 4) is 0 Å². The number of carbonyl (C=O) groups excluding carboxylic acids is 1. The maximum absolute atomic E-state index is 11.5. The number of rotatable bonds is 1. The molecule has 0 spiro atoms. The van der Waals surface area contributed by atoms with Crippen molar-refractivity contribution in [3.63, 3.8) is 0 Å². The quantitative estimate of drug-likeness (QED) is 0.709. The fourth-order valence-electron chi connectivity index (χ4n) is 2.47. The summed E-state index contributed by atoms with van der Waals surface area (Å²) in [7, 11) is 0. The van der Waals surface area contributed by atoms with Crippen molar-refractivity contribution in [2.24, 2.45) is 0 Å². The van der Waals surface area contributed by atoms with Crippen LogP contribution in [0.15, 0.2) is 18.3 Å². The summed E-state index contributed by atoms with van der Waals surface area (Å²) in [5.74, 6) is 0.825. The van der Waals surface area contributed by atoms with Gasteiger partial charge in [-0.15, -0.1) is 0 Å². The van der Waals surface area contributed by atoms with Crippen molar-refractivity contribution in [1.82, 2.24) is 15.2 Å². The van der Waals surface area contributed by atoms with E-state index in [2.05, 4.69) is 15.2 Å². The largest absolute Gasteiger partial charge is 0.396 e. The molecule has 3 rings (SSSR count). The molecule has 0 bridgehead atoms. The van der Waals surface area contributed by atoms with E-state index in [4.69, 9.17) is 5.73 Å². The van der Waals surface area contributed by atoms with Crippen LogP contribution < -0.4 is 16.0 Å². The number of anilines is 2. The topological polar surface area (TPSA) is 74.5 Å². The van der Waals surface area contributed by atoms with Crippen LogP contribution in [-0.4, -0.2) is 48.1 Å². The Kier molecular flexibility index (Phi) is 2.28. The Hall–Kier alpha value is -1.98. The number of nitrogens with one attached hydrogen (secondary N) is 1. The van der Waals surface area contributed by atoms with Crippen molar-refractivity contribution in [1.29, 1.82) is 0 Å². The first-order valence-corrected chi connectivity index (χ1v) is 5.75. The second-order valence-electron chi connectivity index (χ2n) is 4.40. The summed E-state index contributed by atoms with van der Waals surface area (Å²) in [6.45, 7) is 3.01. The predicted octanol–water partition coefficient (Wildman–Crippen LogP) is -0.122. The zero-order valence-corrected chi connectivity index (χ0v) is 9.47. The first kappa shape index (κ1) is 10.2. The Balaban J connectivity index is 1.80. The van der Waals surface area contributed by atoms with Crippen LogP contribution in [0.2, 0.25) is 0 Å². The van der Waals surface area contributed by atoms with Gasteiger partial charge in [0.2, 0.25) is 0 Å². The number of piperazine rings is 1. The van der Waals surface area contributed by atoms with E-state index in [1.54, 1.807) is 6.20 Å². The van der Waals surface area contributed by atoms with E-state index < -0.39 is 0 Å². The standard InChI is InChI=1S/C11H15N5O/c12-9-2-1-3-13-10(9)15-4-5-16-8(7-15)6-14-11(16)17/h1-3,8H,4-7,12H2,(H,14,17). The Morgan fingerprint density at radius 3 is 3.18 bits per heavy atom. The van der Waals surface area contributed by atoms with Crippen molar-refractivity contribution < 1.29 is 4.79 Å². The van der Waals surface area contributed by atoms with Gasteiger partial charge >= 0.3 is 6.03 Å². The highest BCUT2D eigenvalue weighted by Crippen LogP contribution is 2.23.